The molecular formula is C49H79N11O19. The average molecular weight is 1130 g/mol. The van der Waals surface area contributed by atoms with Gasteiger partial charge in [0.05, 0.1) is 25.2 Å². The zero-order chi connectivity index (χ0) is 58.8. The highest BCUT2D eigenvalue weighted by atomic mass is 16.5. The summed E-state index contributed by atoms with van der Waals surface area (Å²) in [5.74, 6) is -14.6. The first-order chi connectivity index (χ1) is 37.3. The molecule has 0 bridgehead atoms. The Bertz CT molecular complexity index is 2230. The summed E-state index contributed by atoms with van der Waals surface area (Å²) in [6, 6.07) is -14.9. The molecule has 0 spiro atoms. The molecule has 0 aliphatic carbocycles. The summed E-state index contributed by atoms with van der Waals surface area (Å²) in [5, 5.41) is 84.7. The van der Waals surface area contributed by atoms with Crippen LogP contribution in [0, 0.1) is 5.92 Å². The first-order valence-electron chi connectivity index (χ1n) is 26.8. The van der Waals surface area contributed by atoms with E-state index in [0.29, 0.717) is 23.7 Å². The van der Waals surface area contributed by atoms with Gasteiger partial charge in [-0.3, -0.25) is 43.3 Å². The van der Waals surface area contributed by atoms with Gasteiger partial charge in [0.15, 0.2) is 24.2 Å². The second kappa shape index (κ2) is 30.6. The molecule has 4 aliphatic heterocycles. The monoisotopic (exact) mass is 1130 g/mol. The average Bonchev–Trinajstić information content (AvgIpc) is 4.23. The van der Waals surface area contributed by atoms with Gasteiger partial charge in [-0.1, -0.05) is 46.0 Å². The molecule has 0 aromatic rings. The number of carboxylic acid groups (broad SMARTS) is 2. The van der Waals surface area contributed by atoms with Crippen LogP contribution in [0.3, 0.4) is 0 Å². The number of nitrogens with two attached hydrogens (primary N) is 2. The number of guanidine groups is 1. The number of ether oxygens (including phenoxy) is 1. The predicted octanol–water partition coefficient (Wildman–Crippen LogP) is -5.63. The van der Waals surface area contributed by atoms with Gasteiger partial charge in [-0.15, -0.1) is 0 Å². The third-order valence-corrected chi connectivity index (χ3v) is 14.3. The van der Waals surface area contributed by atoms with E-state index in [4.69, 9.17) is 16.2 Å². The fraction of sp³-hybridized carbons (Fsp3) is 0.755. The number of aliphatic hydroxyl groups excluding tert-OH is 5. The zero-order valence-electron chi connectivity index (χ0n) is 44.7. The van der Waals surface area contributed by atoms with Crippen molar-refractivity contribution in [2.45, 2.75) is 196 Å². The van der Waals surface area contributed by atoms with E-state index in [2.05, 4.69) is 34.8 Å². The molecule has 0 radical (unpaired) electrons. The number of nitrogens with zero attached hydrogens (tertiary/aromatic N) is 4. The molecule has 4 rings (SSSR count). The number of rotatable bonds is 18. The van der Waals surface area contributed by atoms with Gasteiger partial charge in [-0.25, -0.2) is 14.4 Å². The lowest BCUT2D eigenvalue weighted by Gasteiger charge is -2.34. The highest BCUT2D eigenvalue weighted by Gasteiger charge is 2.48. The van der Waals surface area contributed by atoms with E-state index >= 15 is 0 Å². The Morgan fingerprint density at radius 3 is 1.82 bits per heavy atom. The standard InChI is InChI=1S/C49H79N11O19/c1-24(2)12-7-5-4-6-8-13-26-22-32(64)55-33(25(3)62)45(73)59-20-11-16-30(59)44(72)58-19-10-15-29(58)40(68)53-27(14-9-18-52-49(50)51)39(67)56-34(37(65)46(74)75)41(69)54-28(23-61)43(71)60-21-17-31(63)36(60)42(70)57-35(48(78)79-26)38(66)47(76)77/h24-31,33-38,61-63,65-66H,4-23H2,1-3H3,(H,53,68)(H,54,69)(H,55,64)(H,56,67)(H,57,70)(H,74,75)(H,76,77)(H4,50,51,52). The van der Waals surface area contributed by atoms with Gasteiger partial charge in [0.2, 0.25) is 47.3 Å². The second-order valence-electron chi connectivity index (χ2n) is 20.8. The maximum atomic E-state index is 14.4. The fourth-order valence-corrected chi connectivity index (χ4v) is 10.0. The largest absolute Gasteiger partial charge is 0.479 e. The van der Waals surface area contributed by atoms with Crippen LogP contribution in [0.5, 0.6) is 0 Å². The lowest BCUT2D eigenvalue weighted by atomic mass is 10.0. The number of aliphatic carboxylic acids is 2. The van der Waals surface area contributed by atoms with Crippen molar-refractivity contribution in [2.24, 2.45) is 22.4 Å². The number of cyclic esters (lactones) is 1. The van der Waals surface area contributed by atoms with Gasteiger partial charge < -0.3 is 93.2 Å². The van der Waals surface area contributed by atoms with Crippen LogP contribution in [-0.2, 0) is 57.5 Å². The fourth-order valence-electron chi connectivity index (χ4n) is 10.0. The molecule has 4 aliphatic rings. The number of hydrogen-bond acceptors (Lipinski definition) is 18. The maximum absolute atomic E-state index is 14.4. The Morgan fingerprint density at radius 2 is 1.22 bits per heavy atom. The molecule has 30 heteroatoms. The molecule has 13 atom stereocenters. The van der Waals surface area contributed by atoms with Crippen molar-refractivity contribution in [3.05, 3.63) is 0 Å². The van der Waals surface area contributed by atoms with Crippen molar-refractivity contribution in [1.82, 2.24) is 41.3 Å². The molecular weight excluding hydrogens is 1050 g/mol. The molecule has 4 saturated heterocycles. The molecule has 4 heterocycles. The molecule has 4 fully saturated rings. The number of carbonyl (C=O) groups excluding carboxylic acids is 9. The van der Waals surface area contributed by atoms with Crippen LogP contribution in [0.4, 0.5) is 0 Å². The van der Waals surface area contributed by atoms with Crippen LogP contribution < -0.4 is 38.1 Å². The zero-order valence-corrected chi connectivity index (χ0v) is 44.7. The summed E-state index contributed by atoms with van der Waals surface area (Å²) in [6.07, 6.45) is -6.58. The Kier molecular flexibility index (Phi) is 25.1. The lowest BCUT2D eigenvalue weighted by Crippen LogP contribution is -2.64. The summed E-state index contributed by atoms with van der Waals surface area (Å²) in [7, 11) is 0. The van der Waals surface area contributed by atoms with Crippen molar-refractivity contribution in [3.8, 4) is 0 Å². The number of aliphatic imine (C=N–C) groups is 1. The molecule has 8 amide bonds. The third-order valence-electron chi connectivity index (χ3n) is 14.3. The first kappa shape index (κ1) is 64.8. The summed E-state index contributed by atoms with van der Waals surface area (Å²) in [4.78, 5) is 158. The van der Waals surface area contributed by atoms with Gasteiger partial charge in [0.1, 0.15) is 48.4 Å². The van der Waals surface area contributed by atoms with Crippen molar-refractivity contribution < 1.29 is 93.2 Å². The Balaban J connectivity index is 1.80. The number of fused-ring (bicyclic) bond motifs is 3. The van der Waals surface area contributed by atoms with Gasteiger partial charge in [0, 0.05) is 26.2 Å². The number of esters is 1. The number of carbonyl (C=O) groups is 11. The summed E-state index contributed by atoms with van der Waals surface area (Å²) < 4.78 is 5.64. The molecule has 0 saturated carbocycles. The van der Waals surface area contributed by atoms with Crippen LogP contribution in [0.1, 0.15) is 117 Å². The van der Waals surface area contributed by atoms with Gasteiger partial charge in [-0.2, -0.15) is 0 Å². The molecule has 0 aromatic carbocycles. The Morgan fingerprint density at radius 1 is 0.633 bits per heavy atom. The number of hydrogen-bond donors (Lipinski definition) is 14. The minimum absolute atomic E-state index is 0.00832. The van der Waals surface area contributed by atoms with E-state index < -0.39 is 164 Å². The van der Waals surface area contributed by atoms with Crippen molar-refractivity contribution in [2.75, 3.05) is 32.8 Å². The minimum atomic E-state index is -2.76. The van der Waals surface area contributed by atoms with Crippen LogP contribution >= 0.6 is 0 Å². The second-order valence-corrected chi connectivity index (χ2v) is 20.8. The Labute approximate surface area is 455 Å². The molecule has 0 aromatic heterocycles. The van der Waals surface area contributed by atoms with Crippen molar-refractivity contribution in [3.63, 3.8) is 0 Å². The SMILES string of the molecule is CC(C)CCCCCCCC1CC(=O)NC(C(C)O)C(=O)N2CCCC2C(=O)N2CCCC2C(=O)NC(CCCN=C(N)N)C(=O)NC(C(O)C(=O)O)C(=O)NC(CO)C(=O)N2CCC(O)C2C(=O)NC(C(O)C(=O)O)C(=O)O1. The molecule has 16 N–H and O–H groups in total. The third kappa shape index (κ3) is 18.1. The first-order valence-corrected chi connectivity index (χ1v) is 26.8. The number of nitrogens with one attached hydrogen (secondary N) is 5. The predicted molar refractivity (Wildman–Crippen MR) is 273 cm³/mol. The quantitative estimate of drug-likeness (QED) is 0.0263. The van der Waals surface area contributed by atoms with Gasteiger partial charge in [-0.05, 0) is 70.6 Å². The highest BCUT2D eigenvalue weighted by molar-refractivity contribution is 6.00. The molecule has 79 heavy (non-hydrogen) atoms. The van der Waals surface area contributed by atoms with Crippen LogP contribution in [0.15, 0.2) is 4.99 Å². The van der Waals surface area contributed by atoms with E-state index in [0.717, 1.165) is 30.6 Å². The van der Waals surface area contributed by atoms with Crippen LogP contribution in [0.2, 0.25) is 0 Å². The topological polar surface area (TPSA) is 473 Å². The number of carboxylic acids is 2. The minimum Gasteiger partial charge on any atom is -0.479 e. The normalized spacial score (nSPS) is 28.6. The van der Waals surface area contributed by atoms with E-state index in [1.54, 1.807) is 0 Å². The van der Waals surface area contributed by atoms with Crippen LogP contribution in [-0.4, -0.2) is 233 Å². The molecule has 30 nitrogen and oxygen atoms in total. The molecule has 444 valence electrons. The number of aliphatic hydroxyl groups is 5. The van der Waals surface area contributed by atoms with Gasteiger partial charge >= 0.3 is 17.9 Å². The smallest absolute Gasteiger partial charge is 0.335 e. The van der Waals surface area contributed by atoms with E-state index in [1.165, 1.54) is 11.8 Å². The lowest BCUT2D eigenvalue weighted by molar-refractivity contribution is -0.165. The number of unbranched alkanes of at least 4 members (excludes halogenated alkanes) is 4. The summed E-state index contributed by atoms with van der Waals surface area (Å²) in [5.41, 5.74) is 10.9. The highest BCUT2D eigenvalue weighted by Crippen LogP contribution is 2.27. The number of amides is 8. The Hall–Kier alpha value is -6.76. The van der Waals surface area contributed by atoms with Crippen molar-refractivity contribution in [1.29, 1.82) is 0 Å². The van der Waals surface area contributed by atoms with E-state index in [1.807, 2.05) is 10.6 Å². The summed E-state index contributed by atoms with van der Waals surface area (Å²) in [6.45, 7) is 3.48. The van der Waals surface area contributed by atoms with Crippen LogP contribution in [0.25, 0.3) is 0 Å². The summed E-state index contributed by atoms with van der Waals surface area (Å²) >= 11 is 0. The van der Waals surface area contributed by atoms with E-state index in [9.17, 15) is 88.5 Å². The maximum Gasteiger partial charge on any atom is 0.335 e. The van der Waals surface area contributed by atoms with Crippen molar-refractivity contribution >= 4 is 71.1 Å². The molecule has 13 unspecified atom stereocenters. The van der Waals surface area contributed by atoms with E-state index in [-0.39, 0.29) is 77.0 Å². The van der Waals surface area contributed by atoms with Gasteiger partial charge in [0.25, 0.3) is 0 Å².